The fraction of sp³-hybridized carbons (Fsp3) is 0.636. The highest BCUT2D eigenvalue weighted by molar-refractivity contribution is 5.04. The van der Waals surface area contributed by atoms with E-state index in [4.69, 9.17) is 4.74 Å². The van der Waals surface area contributed by atoms with Crippen LogP contribution in [-0.2, 0) is 0 Å². The van der Waals surface area contributed by atoms with E-state index in [2.05, 4.69) is 9.97 Å². The quantitative estimate of drug-likeness (QED) is 0.799. The number of aliphatic hydroxyl groups is 1. The van der Waals surface area contributed by atoms with Crippen molar-refractivity contribution in [3.8, 4) is 6.01 Å². The van der Waals surface area contributed by atoms with Crippen molar-refractivity contribution in [3.05, 3.63) is 18.0 Å². The molecule has 0 saturated heterocycles. The summed E-state index contributed by atoms with van der Waals surface area (Å²) in [7, 11) is 0. The van der Waals surface area contributed by atoms with Gasteiger partial charge in [-0.1, -0.05) is 0 Å². The summed E-state index contributed by atoms with van der Waals surface area (Å²) in [5.41, 5.74) is 1.03. The van der Waals surface area contributed by atoms with Crippen molar-refractivity contribution >= 4 is 0 Å². The summed E-state index contributed by atoms with van der Waals surface area (Å²) in [6, 6.07) is 0.446. The van der Waals surface area contributed by atoms with Crippen LogP contribution in [0, 0.1) is 6.92 Å². The average molecular weight is 208 g/mol. The third-order valence-corrected chi connectivity index (χ3v) is 2.67. The lowest BCUT2D eigenvalue weighted by molar-refractivity contribution is 0.0618. The van der Waals surface area contributed by atoms with Gasteiger partial charge < -0.3 is 9.84 Å². The summed E-state index contributed by atoms with van der Waals surface area (Å²) in [6.07, 6.45) is 6.92. The number of ether oxygens (including phenoxy) is 1. The van der Waals surface area contributed by atoms with Crippen molar-refractivity contribution in [2.75, 3.05) is 0 Å². The molecule has 4 nitrogen and oxygen atoms in total. The molecule has 1 aliphatic rings. The van der Waals surface area contributed by atoms with Crippen molar-refractivity contribution < 1.29 is 9.84 Å². The Labute approximate surface area is 89.3 Å². The molecule has 1 aliphatic carbocycles. The molecular weight excluding hydrogens is 192 g/mol. The van der Waals surface area contributed by atoms with Crippen molar-refractivity contribution in [1.29, 1.82) is 0 Å². The number of rotatable bonds is 2. The van der Waals surface area contributed by atoms with Gasteiger partial charge in [0.1, 0.15) is 6.10 Å². The molecule has 0 atom stereocenters. The van der Waals surface area contributed by atoms with E-state index in [9.17, 15) is 5.11 Å². The van der Waals surface area contributed by atoms with E-state index in [1.807, 2.05) is 6.92 Å². The van der Waals surface area contributed by atoms with Crippen LogP contribution in [0.3, 0.4) is 0 Å². The Bertz CT molecular complexity index is 305. The van der Waals surface area contributed by atoms with Gasteiger partial charge in [-0.3, -0.25) is 0 Å². The first-order valence-electron chi connectivity index (χ1n) is 5.37. The van der Waals surface area contributed by atoms with Crippen molar-refractivity contribution in [2.24, 2.45) is 0 Å². The summed E-state index contributed by atoms with van der Waals surface area (Å²) < 4.78 is 5.63. The van der Waals surface area contributed by atoms with Gasteiger partial charge in [-0.2, -0.15) is 0 Å². The predicted molar refractivity (Wildman–Crippen MR) is 55.7 cm³/mol. The lowest BCUT2D eigenvalue weighted by atomic mass is 9.95. The third kappa shape index (κ3) is 2.89. The van der Waals surface area contributed by atoms with Crippen molar-refractivity contribution in [2.45, 2.75) is 44.8 Å². The maximum absolute atomic E-state index is 9.34. The highest BCUT2D eigenvalue weighted by Gasteiger charge is 2.21. The first-order valence-corrected chi connectivity index (χ1v) is 5.37. The van der Waals surface area contributed by atoms with Crippen LogP contribution < -0.4 is 4.74 Å². The van der Waals surface area contributed by atoms with Crippen LogP contribution in [0.1, 0.15) is 31.2 Å². The van der Waals surface area contributed by atoms with Crippen LogP contribution in [0.2, 0.25) is 0 Å². The first-order chi connectivity index (χ1) is 7.24. The summed E-state index contributed by atoms with van der Waals surface area (Å²) in [6.45, 7) is 1.95. The molecule has 0 amide bonds. The largest absolute Gasteiger partial charge is 0.460 e. The first kappa shape index (κ1) is 10.4. The molecule has 0 spiro atoms. The number of aromatic nitrogens is 2. The molecule has 1 heterocycles. The van der Waals surface area contributed by atoms with Gasteiger partial charge in [0.25, 0.3) is 0 Å². The van der Waals surface area contributed by atoms with E-state index in [1.54, 1.807) is 12.4 Å². The second kappa shape index (κ2) is 4.57. The van der Waals surface area contributed by atoms with Crippen LogP contribution in [-0.4, -0.2) is 27.3 Å². The third-order valence-electron chi connectivity index (χ3n) is 2.67. The van der Waals surface area contributed by atoms with E-state index < -0.39 is 0 Å². The van der Waals surface area contributed by atoms with Gasteiger partial charge in [-0.05, 0) is 38.2 Å². The van der Waals surface area contributed by atoms with Crippen LogP contribution >= 0.6 is 0 Å². The monoisotopic (exact) mass is 208 g/mol. The maximum atomic E-state index is 9.34. The van der Waals surface area contributed by atoms with E-state index in [0.29, 0.717) is 6.01 Å². The molecule has 15 heavy (non-hydrogen) atoms. The van der Waals surface area contributed by atoms with Gasteiger partial charge in [0, 0.05) is 12.4 Å². The summed E-state index contributed by atoms with van der Waals surface area (Å²) in [5, 5.41) is 9.34. The fourth-order valence-corrected chi connectivity index (χ4v) is 1.75. The minimum atomic E-state index is -0.149. The maximum Gasteiger partial charge on any atom is 0.316 e. The summed E-state index contributed by atoms with van der Waals surface area (Å²) >= 11 is 0. The van der Waals surface area contributed by atoms with Gasteiger partial charge in [0.15, 0.2) is 0 Å². The normalized spacial score (nSPS) is 26.3. The second-order valence-corrected chi connectivity index (χ2v) is 4.09. The second-order valence-electron chi connectivity index (χ2n) is 4.09. The van der Waals surface area contributed by atoms with Gasteiger partial charge in [0.05, 0.1) is 6.10 Å². The lowest BCUT2D eigenvalue weighted by Gasteiger charge is -2.25. The highest BCUT2D eigenvalue weighted by Crippen LogP contribution is 2.21. The van der Waals surface area contributed by atoms with Crippen LogP contribution in [0.25, 0.3) is 0 Å². The Morgan fingerprint density at radius 3 is 2.40 bits per heavy atom. The molecule has 1 saturated carbocycles. The highest BCUT2D eigenvalue weighted by atomic mass is 16.5. The molecule has 0 aliphatic heterocycles. The van der Waals surface area contributed by atoms with Crippen LogP contribution in [0.4, 0.5) is 0 Å². The summed E-state index contributed by atoms with van der Waals surface area (Å²) in [5.74, 6) is 0. The number of hydrogen-bond acceptors (Lipinski definition) is 4. The molecule has 1 aromatic rings. The topological polar surface area (TPSA) is 55.2 Å². The smallest absolute Gasteiger partial charge is 0.316 e. The van der Waals surface area contributed by atoms with Gasteiger partial charge in [-0.25, -0.2) is 9.97 Å². The van der Waals surface area contributed by atoms with E-state index >= 15 is 0 Å². The molecule has 1 N–H and O–H groups in total. The van der Waals surface area contributed by atoms with E-state index in [1.165, 1.54) is 0 Å². The van der Waals surface area contributed by atoms with Crippen molar-refractivity contribution in [3.63, 3.8) is 0 Å². The van der Waals surface area contributed by atoms with E-state index in [0.717, 1.165) is 31.2 Å². The molecule has 0 aromatic carbocycles. The Morgan fingerprint density at radius 2 is 1.80 bits per heavy atom. The van der Waals surface area contributed by atoms with Gasteiger partial charge >= 0.3 is 6.01 Å². The fourth-order valence-electron chi connectivity index (χ4n) is 1.75. The number of aliphatic hydroxyl groups excluding tert-OH is 1. The molecule has 2 rings (SSSR count). The minimum absolute atomic E-state index is 0.149. The zero-order chi connectivity index (χ0) is 10.7. The number of nitrogens with zero attached hydrogens (tertiary/aromatic N) is 2. The Hall–Kier alpha value is -1.16. The van der Waals surface area contributed by atoms with E-state index in [-0.39, 0.29) is 12.2 Å². The standard InChI is InChI=1S/C11H16N2O2/c1-8-6-12-11(13-7-8)15-10-4-2-9(14)3-5-10/h6-7,9-10,14H,2-5H2,1H3/t9-,10-. The Kier molecular flexibility index (Phi) is 3.16. The molecule has 4 heteroatoms. The summed E-state index contributed by atoms with van der Waals surface area (Å²) in [4.78, 5) is 8.19. The molecule has 0 unspecified atom stereocenters. The van der Waals surface area contributed by atoms with Crippen LogP contribution in [0.15, 0.2) is 12.4 Å². The number of aryl methyl sites for hydroxylation is 1. The van der Waals surface area contributed by atoms with Crippen molar-refractivity contribution in [1.82, 2.24) is 9.97 Å². The predicted octanol–water partition coefficient (Wildman–Crippen LogP) is 1.47. The van der Waals surface area contributed by atoms with Crippen LogP contribution in [0.5, 0.6) is 6.01 Å². The Morgan fingerprint density at radius 1 is 1.20 bits per heavy atom. The average Bonchev–Trinajstić information content (AvgIpc) is 2.25. The molecule has 82 valence electrons. The molecule has 0 bridgehead atoms. The minimum Gasteiger partial charge on any atom is -0.460 e. The van der Waals surface area contributed by atoms with Gasteiger partial charge in [-0.15, -0.1) is 0 Å². The zero-order valence-corrected chi connectivity index (χ0v) is 8.89. The Balaban J connectivity index is 1.89. The zero-order valence-electron chi connectivity index (χ0n) is 8.89. The SMILES string of the molecule is Cc1cnc(O[C@H]2CC[C@H](O)CC2)nc1. The molecular formula is C11H16N2O2. The molecule has 1 fully saturated rings. The molecule has 0 radical (unpaired) electrons. The molecule has 1 aromatic heterocycles. The number of hydrogen-bond donors (Lipinski definition) is 1. The van der Waals surface area contributed by atoms with Gasteiger partial charge in [0.2, 0.25) is 0 Å². The lowest BCUT2D eigenvalue weighted by Crippen LogP contribution is -2.27.